The quantitative estimate of drug-likeness (QED) is 0.586. The first kappa shape index (κ1) is 11.8. The Labute approximate surface area is 92.1 Å². The maximum atomic E-state index is 11.1. The number of carboxylic acids is 1. The third-order valence-corrected chi connectivity index (χ3v) is 1.87. The number of rotatable bonds is 5. The van der Waals surface area contributed by atoms with E-state index in [1.165, 1.54) is 12.5 Å². The SMILES string of the molecule is C#CCC(=O)N[C@H](Cc1cnc[nH]1)C(=O)O. The molecule has 6 heteroatoms. The minimum absolute atomic E-state index is 0.132. The molecule has 0 unspecified atom stereocenters. The van der Waals surface area contributed by atoms with Gasteiger partial charge in [0.05, 0.1) is 12.7 Å². The minimum atomic E-state index is -1.11. The predicted molar refractivity (Wildman–Crippen MR) is 55.3 cm³/mol. The molecule has 3 N–H and O–H groups in total. The first-order valence-corrected chi connectivity index (χ1v) is 4.56. The van der Waals surface area contributed by atoms with E-state index in [1.54, 1.807) is 0 Å². The molecular weight excluding hydrogens is 210 g/mol. The van der Waals surface area contributed by atoms with Crippen LogP contribution < -0.4 is 5.32 Å². The second-order valence-corrected chi connectivity index (χ2v) is 3.12. The number of aromatic nitrogens is 2. The summed E-state index contributed by atoms with van der Waals surface area (Å²) >= 11 is 0. The molecule has 0 fully saturated rings. The van der Waals surface area contributed by atoms with Crippen LogP contribution in [0, 0.1) is 12.3 Å². The Hall–Kier alpha value is -2.29. The Morgan fingerprint density at radius 3 is 2.94 bits per heavy atom. The van der Waals surface area contributed by atoms with Gasteiger partial charge >= 0.3 is 5.97 Å². The molecule has 0 bridgehead atoms. The van der Waals surface area contributed by atoms with E-state index in [0.717, 1.165) is 0 Å². The molecular formula is C10H11N3O3. The van der Waals surface area contributed by atoms with Gasteiger partial charge in [0.1, 0.15) is 6.04 Å². The lowest BCUT2D eigenvalue weighted by Crippen LogP contribution is -2.42. The van der Waals surface area contributed by atoms with Crippen LogP contribution in [0.5, 0.6) is 0 Å². The molecule has 1 heterocycles. The summed E-state index contributed by atoms with van der Waals surface area (Å²) in [6.45, 7) is 0. The molecule has 84 valence electrons. The summed E-state index contributed by atoms with van der Waals surface area (Å²) in [5.74, 6) is 0.557. The predicted octanol–water partition coefficient (Wildman–Crippen LogP) is -0.455. The fraction of sp³-hybridized carbons (Fsp3) is 0.300. The monoisotopic (exact) mass is 221 g/mol. The number of H-pyrrole nitrogens is 1. The number of nitrogens with one attached hydrogen (secondary N) is 2. The van der Waals surface area contributed by atoms with Crippen LogP contribution in [-0.4, -0.2) is 33.0 Å². The zero-order valence-corrected chi connectivity index (χ0v) is 8.43. The average Bonchev–Trinajstić information content (AvgIpc) is 2.69. The molecule has 1 atom stereocenters. The second kappa shape index (κ2) is 5.56. The van der Waals surface area contributed by atoms with E-state index in [1.807, 2.05) is 0 Å². The molecule has 0 saturated heterocycles. The zero-order valence-electron chi connectivity index (χ0n) is 8.43. The summed E-state index contributed by atoms with van der Waals surface area (Å²) in [6, 6.07) is -0.999. The van der Waals surface area contributed by atoms with E-state index < -0.39 is 17.9 Å². The van der Waals surface area contributed by atoms with Gasteiger partial charge in [-0.05, 0) is 0 Å². The molecule has 1 amide bonds. The van der Waals surface area contributed by atoms with Gasteiger partial charge in [0, 0.05) is 18.3 Å². The van der Waals surface area contributed by atoms with Gasteiger partial charge in [0.2, 0.25) is 5.91 Å². The van der Waals surface area contributed by atoms with Crippen molar-refractivity contribution in [2.45, 2.75) is 18.9 Å². The van der Waals surface area contributed by atoms with Crippen molar-refractivity contribution in [1.29, 1.82) is 0 Å². The lowest BCUT2D eigenvalue weighted by Gasteiger charge is -2.12. The van der Waals surface area contributed by atoms with Crippen molar-refractivity contribution in [2.75, 3.05) is 0 Å². The number of aromatic amines is 1. The highest BCUT2D eigenvalue weighted by Gasteiger charge is 2.20. The highest BCUT2D eigenvalue weighted by Crippen LogP contribution is 1.99. The van der Waals surface area contributed by atoms with E-state index >= 15 is 0 Å². The van der Waals surface area contributed by atoms with Crippen LogP contribution in [0.3, 0.4) is 0 Å². The zero-order chi connectivity index (χ0) is 12.0. The molecule has 0 saturated carbocycles. The van der Waals surface area contributed by atoms with Gasteiger partial charge in [0.25, 0.3) is 0 Å². The Bertz CT molecular complexity index is 405. The van der Waals surface area contributed by atoms with Gasteiger partial charge in [-0.25, -0.2) is 9.78 Å². The molecule has 1 aromatic rings. The summed E-state index contributed by atoms with van der Waals surface area (Å²) in [4.78, 5) is 28.5. The van der Waals surface area contributed by atoms with E-state index in [-0.39, 0.29) is 12.8 Å². The number of carbonyl (C=O) groups is 2. The van der Waals surface area contributed by atoms with Crippen molar-refractivity contribution in [2.24, 2.45) is 0 Å². The van der Waals surface area contributed by atoms with E-state index in [0.29, 0.717) is 5.69 Å². The highest BCUT2D eigenvalue weighted by atomic mass is 16.4. The van der Waals surface area contributed by atoms with Gasteiger partial charge in [-0.2, -0.15) is 0 Å². The topological polar surface area (TPSA) is 95.1 Å². The van der Waals surface area contributed by atoms with Crippen molar-refractivity contribution in [1.82, 2.24) is 15.3 Å². The van der Waals surface area contributed by atoms with E-state index in [2.05, 4.69) is 21.2 Å². The smallest absolute Gasteiger partial charge is 0.326 e. The average molecular weight is 221 g/mol. The number of nitrogens with zero attached hydrogens (tertiary/aromatic N) is 1. The van der Waals surface area contributed by atoms with Crippen molar-refractivity contribution in [3.05, 3.63) is 18.2 Å². The maximum Gasteiger partial charge on any atom is 0.326 e. The van der Waals surface area contributed by atoms with Crippen LogP contribution >= 0.6 is 0 Å². The van der Waals surface area contributed by atoms with Crippen LogP contribution in [0.4, 0.5) is 0 Å². The molecule has 6 nitrogen and oxygen atoms in total. The number of hydrogen-bond donors (Lipinski definition) is 3. The molecule has 0 aliphatic carbocycles. The summed E-state index contributed by atoms with van der Waals surface area (Å²) in [6.07, 6.45) is 7.90. The van der Waals surface area contributed by atoms with Gasteiger partial charge in [-0.3, -0.25) is 4.79 Å². The molecule has 1 aromatic heterocycles. The first-order chi connectivity index (χ1) is 7.63. The largest absolute Gasteiger partial charge is 0.480 e. The Balaban J connectivity index is 2.59. The number of hydrogen-bond acceptors (Lipinski definition) is 3. The van der Waals surface area contributed by atoms with Crippen LogP contribution in [0.1, 0.15) is 12.1 Å². The van der Waals surface area contributed by atoms with Gasteiger partial charge in [0.15, 0.2) is 0 Å². The van der Waals surface area contributed by atoms with Gasteiger partial charge in [-0.1, -0.05) is 5.92 Å². The van der Waals surface area contributed by atoms with Crippen molar-refractivity contribution < 1.29 is 14.7 Å². The fourth-order valence-electron chi connectivity index (χ4n) is 1.15. The van der Waals surface area contributed by atoms with Crippen molar-refractivity contribution in [3.63, 3.8) is 0 Å². The number of carbonyl (C=O) groups excluding carboxylic acids is 1. The number of terminal acetylenes is 1. The summed E-state index contributed by atoms with van der Waals surface area (Å²) in [5.41, 5.74) is 0.633. The lowest BCUT2D eigenvalue weighted by atomic mass is 10.1. The van der Waals surface area contributed by atoms with E-state index in [4.69, 9.17) is 11.5 Å². The second-order valence-electron chi connectivity index (χ2n) is 3.12. The molecule has 0 aliphatic heterocycles. The molecule has 1 rings (SSSR count). The summed E-state index contributed by atoms with van der Waals surface area (Å²) in [5, 5.41) is 11.2. The molecule has 0 aromatic carbocycles. The molecule has 16 heavy (non-hydrogen) atoms. The third-order valence-electron chi connectivity index (χ3n) is 1.87. The van der Waals surface area contributed by atoms with Crippen LogP contribution in [0.15, 0.2) is 12.5 Å². The van der Waals surface area contributed by atoms with Crippen LogP contribution in [0.2, 0.25) is 0 Å². The summed E-state index contributed by atoms with van der Waals surface area (Å²) in [7, 11) is 0. The first-order valence-electron chi connectivity index (χ1n) is 4.56. The van der Waals surface area contributed by atoms with Crippen molar-refractivity contribution >= 4 is 11.9 Å². The normalized spacial score (nSPS) is 11.4. The highest BCUT2D eigenvalue weighted by molar-refractivity contribution is 5.84. The fourth-order valence-corrected chi connectivity index (χ4v) is 1.15. The maximum absolute atomic E-state index is 11.1. The van der Waals surface area contributed by atoms with Gasteiger partial charge in [-0.15, -0.1) is 6.42 Å². The van der Waals surface area contributed by atoms with E-state index in [9.17, 15) is 9.59 Å². The third kappa shape index (κ3) is 3.46. The number of amides is 1. The Morgan fingerprint density at radius 1 is 1.69 bits per heavy atom. The Kier molecular flexibility index (Phi) is 4.09. The van der Waals surface area contributed by atoms with Gasteiger partial charge < -0.3 is 15.4 Å². The summed E-state index contributed by atoms with van der Waals surface area (Å²) < 4.78 is 0. The van der Waals surface area contributed by atoms with Crippen molar-refractivity contribution in [3.8, 4) is 12.3 Å². The number of carboxylic acid groups (broad SMARTS) is 1. The number of imidazole rings is 1. The molecule has 0 aliphatic rings. The Morgan fingerprint density at radius 2 is 2.44 bits per heavy atom. The molecule has 0 spiro atoms. The molecule has 0 radical (unpaired) electrons. The van der Waals surface area contributed by atoms with Crippen LogP contribution in [-0.2, 0) is 16.0 Å². The lowest BCUT2D eigenvalue weighted by molar-refractivity contribution is -0.141. The number of aliphatic carboxylic acids is 1. The standard InChI is InChI=1S/C10H11N3O3/c1-2-3-9(14)13-8(10(15)16)4-7-5-11-6-12-7/h1,5-6,8H,3-4H2,(H,11,12)(H,13,14)(H,15,16)/t8-/m1/s1. The van der Waals surface area contributed by atoms with Crippen LogP contribution in [0.25, 0.3) is 0 Å². The minimum Gasteiger partial charge on any atom is -0.480 e.